The molecule has 1 atom stereocenters. The monoisotopic (exact) mass is 586 g/mol. The van der Waals surface area contributed by atoms with Gasteiger partial charge in [0.05, 0.1) is 0 Å². The SMILES string of the molecule is C=N/C=C(\C=NCCC(CCCCc1ccc(CC(=C)N2CC(CC)C2)c(F)c1)CCNC)CS(C)(C)C(C)(C)C. The van der Waals surface area contributed by atoms with E-state index < -0.39 is 10.0 Å². The van der Waals surface area contributed by atoms with Crippen LogP contribution in [0.3, 0.4) is 0 Å². The number of hydrogen-bond donors (Lipinski definition) is 1. The molecule has 1 fully saturated rings. The van der Waals surface area contributed by atoms with Gasteiger partial charge in [0.15, 0.2) is 0 Å². The molecule has 232 valence electrons. The molecule has 1 unspecified atom stereocenters. The van der Waals surface area contributed by atoms with Crippen molar-refractivity contribution in [1.82, 2.24) is 10.2 Å². The van der Waals surface area contributed by atoms with Gasteiger partial charge >= 0.3 is 0 Å². The van der Waals surface area contributed by atoms with E-state index in [1.807, 2.05) is 25.5 Å². The molecule has 1 N–H and O–H groups in total. The number of benzene rings is 1. The van der Waals surface area contributed by atoms with Gasteiger partial charge in [-0.15, -0.1) is 0 Å². The fourth-order valence-electron chi connectivity index (χ4n) is 5.15. The average Bonchev–Trinajstić information content (AvgIpc) is 2.87. The topological polar surface area (TPSA) is 40.0 Å². The number of likely N-dealkylation sites (tertiary alicyclic amines) is 1. The normalized spacial score (nSPS) is 16.2. The molecule has 2 rings (SSSR count). The molecule has 0 spiro atoms. The van der Waals surface area contributed by atoms with Crippen LogP contribution >= 0.6 is 10.0 Å². The third-order valence-corrected chi connectivity index (χ3v) is 13.4. The summed E-state index contributed by atoms with van der Waals surface area (Å²) in [6, 6.07) is 5.82. The van der Waals surface area contributed by atoms with Crippen LogP contribution in [0.15, 0.2) is 52.2 Å². The van der Waals surface area contributed by atoms with Crippen molar-refractivity contribution >= 4 is 23.0 Å². The highest BCUT2D eigenvalue weighted by atomic mass is 32.3. The van der Waals surface area contributed by atoms with Crippen LogP contribution in [-0.4, -0.2) is 74.1 Å². The minimum atomic E-state index is -0.823. The predicted octanol–water partition coefficient (Wildman–Crippen LogP) is 8.07. The molecule has 0 aromatic heterocycles. The van der Waals surface area contributed by atoms with Crippen LogP contribution in [0.25, 0.3) is 0 Å². The molecule has 6 heteroatoms. The number of hydrogen-bond acceptors (Lipinski definition) is 4. The molecule has 1 aliphatic rings. The molecule has 0 bridgehead atoms. The van der Waals surface area contributed by atoms with Gasteiger partial charge in [-0.2, -0.15) is 0 Å². The van der Waals surface area contributed by atoms with Crippen LogP contribution in [0.2, 0.25) is 0 Å². The van der Waals surface area contributed by atoms with Crippen molar-refractivity contribution in [1.29, 1.82) is 0 Å². The highest BCUT2D eigenvalue weighted by Crippen LogP contribution is 2.53. The second-order valence-electron chi connectivity index (χ2n) is 13.4. The molecule has 1 aliphatic heterocycles. The van der Waals surface area contributed by atoms with Gasteiger partial charge in [-0.3, -0.25) is 9.98 Å². The second kappa shape index (κ2) is 17.3. The maximum absolute atomic E-state index is 14.9. The van der Waals surface area contributed by atoms with E-state index in [0.29, 0.717) is 12.3 Å². The Labute approximate surface area is 253 Å². The number of halogens is 1. The number of aryl methyl sites for hydroxylation is 1. The van der Waals surface area contributed by atoms with Gasteiger partial charge in [0.1, 0.15) is 5.82 Å². The molecule has 0 amide bonds. The van der Waals surface area contributed by atoms with Gasteiger partial charge in [-0.05, 0) is 104 Å². The molecule has 4 nitrogen and oxygen atoms in total. The van der Waals surface area contributed by atoms with E-state index in [2.05, 4.69) is 74.8 Å². The van der Waals surface area contributed by atoms with E-state index >= 15 is 0 Å². The molecule has 1 aromatic rings. The summed E-state index contributed by atoms with van der Waals surface area (Å²) in [4.78, 5) is 11.1. The first kappa shape index (κ1) is 35.3. The maximum Gasteiger partial charge on any atom is 0.127 e. The lowest BCUT2D eigenvalue weighted by Gasteiger charge is -2.44. The number of nitrogens with one attached hydrogen (secondary N) is 1. The second-order valence-corrected chi connectivity index (χ2v) is 17.9. The van der Waals surface area contributed by atoms with Crippen LogP contribution in [0.5, 0.6) is 0 Å². The van der Waals surface area contributed by atoms with Crippen molar-refractivity contribution < 1.29 is 4.39 Å². The lowest BCUT2D eigenvalue weighted by Crippen LogP contribution is -2.45. The van der Waals surface area contributed by atoms with Crippen LogP contribution in [0.1, 0.15) is 77.3 Å². The maximum atomic E-state index is 14.9. The highest BCUT2D eigenvalue weighted by Gasteiger charge is 2.28. The summed E-state index contributed by atoms with van der Waals surface area (Å²) in [6.07, 6.45) is 17.1. The highest BCUT2D eigenvalue weighted by molar-refractivity contribution is 8.33. The molecule has 1 heterocycles. The summed E-state index contributed by atoms with van der Waals surface area (Å²) in [5.74, 6) is 2.33. The molecule has 0 saturated carbocycles. The summed E-state index contributed by atoms with van der Waals surface area (Å²) in [5.41, 5.74) is 4.07. The lowest BCUT2D eigenvalue weighted by atomic mass is 9.93. The van der Waals surface area contributed by atoms with Gasteiger partial charge in [-0.25, -0.2) is 14.4 Å². The van der Waals surface area contributed by atoms with E-state index in [1.54, 1.807) is 6.07 Å². The Morgan fingerprint density at radius 2 is 1.93 bits per heavy atom. The average molecular weight is 587 g/mol. The molecule has 41 heavy (non-hydrogen) atoms. The molecule has 1 saturated heterocycles. The standard InChI is InChI=1S/C35H59FN4S/c1-10-29-25-40(26-29)28(2)21-33-16-15-31(22-34(33)36)14-12-11-13-30(17-19-37-6)18-20-39-24-32(23-38-7)27-41(8,9)35(3,4)5/h15-16,22-24,29-30,37H,2,7,10-14,17-21,25-27H2,1,3-6,8-9H3/b32-23+,39-24?. The van der Waals surface area contributed by atoms with E-state index in [4.69, 9.17) is 4.99 Å². The minimum Gasteiger partial charge on any atom is -0.374 e. The zero-order valence-corrected chi connectivity index (χ0v) is 28.1. The summed E-state index contributed by atoms with van der Waals surface area (Å²) in [5, 5.41) is 3.31. The van der Waals surface area contributed by atoms with Crippen LogP contribution < -0.4 is 5.32 Å². The van der Waals surface area contributed by atoms with Gasteiger partial charge in [0.2, 0.25) is 0 Å². The van der Waals surface area contributed by atoms with Crippen LogP contribution in [-0.2, 0) is 12.8 Å². The quantitative estimate of drug-likeness (QED) is 0.132. The summed E-state index contributed by atoms with van der Waals surface area (Å²) < 4.78 is 15.1. The van der Waals surface area contributed by atoms with Crippen molar-refractivity contribution in [2.75, 3.05) is 51.5 Å². The predicted molar refractivity (Wildman–Crippen MR) is 184 cm³/mol. The fourth-order valence-corrected chi connectivity index (χ4v) is 6.56. The first-order chi connectivity index (χ1) is 19.4. The van der Waals surface area contributed by atoms with Crippen molar-refractivity contribution in [3.8, 4) is 0 Å². The Bertz CT molecular complexity index is 1020. The van der Waals surface area contributed by atoms with Crippen molar-refractivity contribution in [3.63, 3.8) is 0 Å². The smallest absolute Gasteiger partial charge is 0.127 e. The Hall–Kier alpha value is -1.92. The third-order valence-electron chi connectivity index (χ3n) is 8.99. The van der Waals surface area contributed by atoms with Gasteiger partial charge in [0.25, 0.3) is 0 Å². The number of allylic oxidation sites excluding steroid dienone is 1. The van der Waals surface area contributed by atoms with Crippen LogP contribution in [0, 0.1) is 17.7 Å². The summed E-state index contributed by atoms with van der Waals surface area (Å²) in [6.45, 7) is 21.1. The zero-order chi connectivity index (χ0) is 30.5. The minimum absolute atomic E-state index is 0.0893. The van der Waals surface area contributed by atoms with Crippen molar-refractivity contribution in [3.05, 3.63) is 59.2 Å². The number of aliphatic imine (C=N–C) groups is 2. The Morgan fingerprint density at radius 3 is 2.54 bits per heavy atom. The van der Waals surface area contributed by atoms with Crippen molar-refractivity contribution in [2.24, 2.45) is 21.8 Å². The molecular weight excluding hydrogens is 527 g/mol. The molecule has 1 aromatic carbocycles. The number of unbranched alkanes of at least 4 members (excludes halogenated alkanes) is 1. The summed E-state index contributed by atoms with van der Waals surface area (Å²) in [7, 11) is 1.20. The molecule has 0 radical (unpaired) electrons. The number of rotatable bonds is 19. The van der Waals surface area contributed by atoms with E-state index in [1.165, 1.54) is 18.4 Å². The van der Waals surface area contributed by atoms with E-state index in [9.17, 15) is 4.39 Å². The Kier molecular flexibility index (Phi) is 14.8. The van der Waals surface area contributed by atoms with Crippen molar-refractivity contribution in [2.45, 2.75) is 83.8 Å². The van der Waals surface area contributed by atoms with Gasteiger partial charge < -0.3 is 10.2 Å². The first-order valence-electron chi connectivity index (χ1n) is 15.6. The Balaban J connectivity index is 1.80. The largest absolute Gasteiger partial charge is 0.374 e. The van der Waals surface area contributed by atoms with Gasteiger partial charge in [0, 0.05) is 49.9 Å². The first-order valence-corrected chi connectivity index (χ1v) is 18.2. The fraction of sp³-hybridized carbons (Fsp3) is 0.657. The summed E-state index contributed by atoms with van der Waals surface area (Å²) >= 11 is 0. The van der Waals surface area contributed by atoms with Gasteiger partial charge in [-0.1, -0.05) is 59.2 Å². The Morgan fingerprint density at radius 1 is 1.20 bits per heavy atom. The number of nitrogens with zero attached hydrogens (tertiary/aromatic N) is 3. The van der Waals surface area contributed by atoms with E-state index in [0.717, 1.165) is 86.8 Å². The lowest BCUT2D eigenvalue weighted by molar-refractivity contribution is 0.137. The molecule has 0 aliphatic carbocycles. The van der Waals surface area contributed by atoms with E-state index in [-0.39, 0.29) is 10.6 Å². The third kappa shape index (κ3) is 12.1. The molecular formula is C35H59FN4S. The van der Waals surface area contributed by atoms with Crippen LogP contribution in [0.4, 0.5) is 4.39 Å². The zero-order valence-electron chi connectivity index (χ0n) is 27.3.